The third-order valence-corrected chi connectivity index (χ3v) is 5.89. The molecule has 1 aliphatic heterocycles. The van der Waals surface area contributed by atoms with Gasteiger partial charge >= 0.3 is 0 Å². The molecule has 3 aromatic rings. The van der Waals surface area contributed by atoms with Gasteiger partial charge in [-0.2, -0.15) is 4.37 Å². The van der Waals surface area contributed by atoms with E-state index in [1.807, 2.05) is 47.4 Å². The Morgan fingerprint density at radius 3 is 2.41 bits per heavy atom. The largest absolute Gasteiger partial charge is 0.497 e. The van der Waals surface area contributed by atoms with E-state index in [-0.39, 0.29) is 5.91 Å². The molecule has 6 nitrogen and oxygen atoms in total. The molecule has 1 aliphatic rings. The number of hydrogen-bond acceptors (Lipinski definition) is 6. The van der Waals surface area contributed by atoms with Gasteiger partial charge in [0.1, 0.15) is 11.6 Å². The standard InChI is InChI=1S/C22H24N4O2S/c1-28-19-9-7-18(8-10-19)16-21(27)25-11-13-26(14-12-25)22-23-20(24-29-22)15-17-5-3-2-4-6-17/h2-10H,11-16H2,1H3. The lowest BCUT2D eigenvalue weighted by Gasteiger charge is -2.34. The molecule has 0 atom stereocenters. The number of aromatic nitrogens is 2. The van der Waals surface area contributed by atoms with Gasteiger partial charge in [-0.25, -0.2) is 4.98 Å². The Morgan fingerprint density at radius 1 is 1.00 bits per heavy atom. The Kier molecular flexibility index (Phi) is 6.05. The third kappa shape index (κ3) is 4.92. The van der Waals surface area contributed by atoms with Crippen molar-refractivity contribution in [1.29, 1.82) is 0 Å². The summed E-state index contributed by atoms with van der Waals surface area (Å²) in [5.74, 6) is 1.82. The lowest BCUT2D eigenvalue weighted by atomic mass is 10.1. The van der Waals surface area contributed by atoms with Crippen molar-refractivity contribution in [3.63, 3.8) is 0 Å². The second-order valence-electron chi connectivity index (χ2n) is 7.05. The van der Waals surface area contributed by atoms with Crippen LogP contribution < -0.4 is 9.64 Å². The summed E-state index contributed by atoms with van der Waals surface area (Å²) in [6, 6.07) is 17.9. The fraction of sp³-hybridized carbons (Fsp3) is 0.318. The third-order valence-electron chi connectivity index (χ3n) is 5.08. The van der Waals surface area contributed by atoms with Gasteiger partial charge in [-0.1, -0.05) is 42.5 Å². The van der Waals surface area contributed by atoms with Gasteiger partial charge in [-0.05, 0) is 23.3 Å². The van der Waals surface area contributed by atoms with Crippen LogP contribution in [0.15, 0.2) is 54.6 Å². The molecule has 1 fully saturated rings. The van der Waals surface area contributed by atoms with Crippen LogP contribution in [0.25, 0.3) is 0 Å². The minimum absolute atomic E-state index is 0.164. The number of benzene rings is 2. The molecular formula is C22H24N4O2S. The lowest BCUT2D eigenvalue weighted by molar-refractivity contribution is -0.130. The molecule has 0 saturated carbocycles. The second-order valence-corrected chi connectivity index (χ2v) is 7.78. The van der Waals surface area contributed by atoms with E-state index in [2.05, 4.69) is 21.4 Å². The van der Waals surface area contributed by atoms with Gasteiger partial charge in [0.2, 0.25) is 11.0 Å². The first-order valence-corrected chi connectivity index (χ1v) is 10.5. The van der Waals surface area contributed by atoms with Crippen molar-refractivity contribution in [2.45, 2.75) is 12.8 Å². The number of ether oxygens (including phenoxy) is 1. The van der Waals surface area contributed by atoms with Crippen molar-refractivity contribution in [2.75, 3.05) is 38.2 Å². The Labute approximate surface area is 174 Å². The quantitative estimate of drug-likeness (QED) is 0.628. The van der Waals surface area contributed by atoms with Crippen molar-refractivity contribution >= 4 is 22.6 Å². The summed E-state index contributed by atoms with van der Waals surface area (Å²) in [6.45, 7) is 2.99. The Morgan fingerprint density at radius 2 is 1.72 bits per heavy atom. The number of piperazine rings is 1. The number of rotatable bonds is 6. The number of carbonyl (C=O) groups is 1. The zero-order chi connectivity index (χ0) is 20.1. The van der Waals surface area contributed by atoms with Gasteiger partial charge < -0.3 is 14.5 Å². The molecule has 29 heavy (non-hydrogen) atoms. The van der Waals surface area contributed by atoms with Crippen LogP contribution in [0.5, 0.6) is 5.75 Å². The number of nitrogens with zero attached hydrogens (tertiary/aromatic N) is 4. The maximum Gasteiger partial charge on any atom is 0.227 e. The molecule has 0 unspecified atom stereocenters. The van der Waals surface area contributed by atoms with Gasteiger partial charge in [0.25, 0.3) is 0 Å². The van der Waals surface area contributed by atoms with Crippen molar-refractivity contribution in [3.05, 3.63) is 71.5 Å². The summed E-state index contributed by atoms with van der Waals surface area (Å²) >= 11 is 1.44. The van der Waals surface area contributed by atoms with E-state index < -0.39 is 0 Å². The Bertz CT molecular complexity index is 935. The molecule has 0 radical (unpaired) electrons. The maximum atomic E-state index is 12.6. The minimum atomic E-state index is 0.164. The first-order valence-electron chi connectivity index (χ1n) is 9.73. The highest BCUT2D eigenvalue weighted by atomic mass is 32.1. The number of carbonyl (C=O) groups excluding carboxylic acids is 1. The average molecular weight is 409 g/mol. The van der Waals surface area contributed by atoms with Crippen LogP contribution in [-0.2, 0) is 17.6 Å². The van der Waals surface area contributed by atoms with Crippen LogP contribution in [-0.4, -0.2) is 53.5 Å². The summed E-state index contributed by atoms with van der Waals surface area (Å²) < 4.78 is 9.68. The molecule has 0 N–H and O–H groups in total. The molecular weight excluding hydrogens is 384 g/mol. The van der Waals surface area contributed by atoms with Crippen molar-refractivity contribution in [2.24, 2.45) is 0 Å². The molecule has 1 saturated heterocycles. The molecule has 2 aromatic carbocycles. The summed E-state index contributed by atoms with van der Waals surface area (Å²) in [7, 11) is 1.64. The summed E-state index contributed by atoms with van der Waals surface area (Å²) in [5, 5.41) is 0.943. The highest BCUT2D eigenvalue weighted by Gasteiger charge is 2.23. The fourth-order valence-corrected chi connectivity index (χ4v) is 4.14. The predicted molar refractivity (Wildman–Crippen MR) is 115 cm³/mol. The van der Waals surface area contributed by atoms with Gasteiger partial charge in [0.15, 0.2) is 0 Å². The van der Waals surface area contributed by atoms with E-state index in [4.69, 9.17) is 9.72 Å². The normalized spacial score (nSPS) is 14.1. The highest BCUT2D eigenvalue weighted by Crippen LogP contribution is 2.21. The summed E-state index contributed by atoms with van der Waals surface area (Å²) in [4.78, 5) is 21.5. The van der Waals surface area contributed by atoms with Crippen LogP contribution in [0.2, 0.25) is 0 Å². The maximum absolute atomic E-state index is 12.6. The molecule has 2 heterocycles. The predicted octanol–water partition coefficient (Wildman–Crippen LogP) is 3.03. The molecule has 0 bridgehead atoms. The van der Waals surface area contributed by atoms with E-state index in [0.29, 0.717) is 19.5 Å². The van der Waals surface area contributed by atoms with E-state index in [1.54, 1.807) is 7.11 Å². The van der Waals surface area contributed by atoms with Gasteiger partial charge in [-0.3, -0.25) is 4.79 Å². The van der Waals surface area contributed by atoms with E-state index in [9.17, 15) is 4.79 Å². The van der Waals surface area contributed by atoms with E-state index >= 15 is 0 Å². The topological polar surface area (TPSA) is 58.6 Å². The van der Waals surface area contributed by atoms with Crippen molar-refractivity contribution in [3.8, 4) is 5.75 Å². The summed E-state index contributed by atoms with van der Waals surface area (Å²) in [5.41, 5.74) is 2.22. The van der Waals surface area contributed by atoms with Gasteiger partial charge in [0, 0.05) is 44.1 Å². The SMILES string of the molecule is COc1ccc(CC(=O)N2CCN(c3nc(Cc4ccccc4)ns3)CC2)cc1. The smallest absolute Gasteiger partial charge is 0.227 e. The van der Waals surface area contributed by atoms with Crippen LogP contribution in [0.1, 0.15) is 17.0 Å². The summed E-state index contributed by atoms with van der Waals surface area (Å²) in [6.07, 6.45) is 1.17. The van der Waals surface area contributed by atoms with Crippen molar-refractivity contribution < 1.29 is 9.53 Å². The zero-order valence-corrected chi connectivity index (χ0v) is 17.3. The van der Waals surface area contributed by atoms with Crippen LogP contribution in [0, 0.1) is 0 Å². The number of hydrogen-bond donors (Lipinski definition) is 0. The Hall–Kier alpha value is -2.93. The minimum Gasteiger partial charge on any atom is -0.497 e. The fourth-order valence-electron chi connectivity index (χ4n) is 3.40. The highest BCUT2D eigenvalue weighted by molar-refractivity contribution is 7.09. The monoisotopic (exact) mass is 408 g/mol. The number of anilines is 1. The Balaban J connectivity index is 1.29. The molecule has 0 aliphatic carbocycles. The molecule has 150 valence electrons. The van der Waals surface area contributed by atoms with Crippen molar-refractivity contribution in [1.82, 2.24) is 14.3 Å². The lowest BCUT2D eigenvalue weighted by Crippen LogP contribution is -2.49. The zero-order valence-electron chi connectivity index (χ0n) is 16.5. The molecule has 1 amide bonds. The number of amides is 1. The molecule has 4 rings (SSSR count). The first kappa shape index (κ1) is 19.4. The second kappa shape index (κ2) is 9.05. The van der Waals surface area contributed by atoms with Crippen LogP contribution >= 0.6 is 11.5 Å². The number of methoxy groups -OCH3 is 1. The van der Waals surface area contributed by atoms with E-state index in [0.717, 1.165) is 41.8 Å². The molecule has 7 heteroatoms. The molecule has 1 aromatic heterocycles. The average Bonchev–Trinajstić information content (AvgIpc) is 3.23. The molecule has 0 spiro atoms. The first-order chi connectivity index (χ1) is 14.2. The van der Waals surface area contributed by atoms with Gasteiger partial charge in [-0.15, -0.1) is 0 Å². The van der Waals surface area contributed by atoms with Crippen LogP contribution in [0.3, 0.4) is 0 Å². The van der Waals surface area contributed by atoms with Crippen LogP contribution in [0.4, 0.5) is 5.13 Å². The van der Waals surface area contributed by atoms with E-state index in [1.165, 1.54) is 17.1 Å². The van der Waals surface area contributed by atoms with Gasteiger partial charge in [0.05, 0.1) is 13.5 Å².